The normalized spacial score (nSPS) is 20.4. The third kappa shape index (κ3) is 4.08. The molecule has 3 rings (SSSR count). The van der Waals surface area contributed by atoms with Crippen LogP contribution in [0.3, 0.4) is 0 Å². The fourth-order valence-electron chi connectivity index (χ4n) is 3.00. The van der Waals surface area contributed by atoms with E-state index < -0.39 is 27.5 Å². The largest absolute Gasteiger partial charge is 0.416 e. The van der Waals surface area contributed by atoms with Gasteiger partial charge in [0, 0.05) is 32.0 Å². The summed E-state index contributed by atoms with van der Waals surface area (Å²) in [5, 5.41) is 0. The quantitative estimate of drug-likeness (QED) is 0.872. The zero-order chi connectivity index (χ0) is 18.9. The number of nitrogens with one attached hydrogen (secondary N) is 1. The van der Waals surface area contributed by atoms with E-state index in [1.54, 1.807) is 12.4 Å². The molecule has 1 fully saturated rings. The summed E-state index contributed by atoms with van der Waals surface area (Å²) in [5.41, 5.74) is -0.731. The van der Waals surface area contributed by atoms with Crippen LogP contribution in [0.15, 0.2) is 36.7 Å². The van der Waals surface area contributed by atoms with Crippen LogP contribution >= 0.6 is 0 Å². The first-order chi connectivity index (χ1) is 12.2. The van der Waals surface area contributed by atoms with Gasteiger partial charge in [0.25, 0.3) is 0 Å². The fourth-order valence-corrected chi connectivity index (χ4v) is 4.51. The number of nitrogens with zero attached hydrogens (tertiary/aromatic N) is 3. The fraction of sp³-hybridized carbons (Fsp3) is 0.438. The maximum absolute atomic E-state index is 12.8. The highest BCUT2D eigenvalue weighted by Crippen LogP contribution is 2.30. The molecule has 0 aliphatic carbocycles. The van der Waals surface area contributed by atoms with Crippen LogP contribution in [-0.4, -0.2) is 54.3 Å². The molecule has 1 N–H and O–H groups in total. The summed E-state index contributed by atoms with van der Waals surface area (Å²) in [7, 11) is -1.87. The van der Waals surface area contributed by atoms with E-state index in [0.717, 1.165) is 12.1 Å². The molecule has 1 aliphatic rings. The second-order valence-corrected chi connectivity index (χ2v) is 8.25. The Labute approximate surface area is 149 Å². The Kier molecular flexibility index (Phi) is 5.09. The predicted octanol–water partition coefficient (Wildman–Crippen LogP) is 2.25. The molecule has 0 unspecified atom stereocenters. The lowest BCUT2D eigenvalue weighted by molar-refractivity contribution is -0.137. The summed E-state index contributed by atoms with van der Waals surface area (Å²) in [4.78, 5) is 9.16. The molecule has 10 heteroatoms. The first-order valence-corrected chi connectivity index (χ1v) is 9.61. The van der Waals surface area contributed by atoms with Crippen molar-refractivity contribution in [2.24, 2.45) is 0 Å². The van der Waals surface area contributed by atoms with Gasteiger partial charge in [-0.05, 0) is 18.7 Å². The Balaban J connectivity index is 1.78. The van der Waals surface area contributed by atoms with E-state index in [0.29, 0.717) is 12.4 Å². The lowest BCUT2D eigenvalue weighted by atomic mass is 10.1. The van der Waals surface area contributed by atoms with Crippen molar-refractivity contribution in [2.75, 3.05) is 26.7 Å². The van der Waals surface area contributed by atoms with Gasteiger partial charge in [0.15, 0.2) is 0 Å². The molecule has 142 valence electrons. The van der Waals surface area contributed by atoms with E-state index in [9.17, 15) is 21.6 Å². The van der Waals surface area contributed by atoms with E-state index in [2.05, 4.69) is 9.97 Å². The highest BCUT2D eigenvalue weighted by molar-refractivity contribution is 7.88. The van der Waals surface area contributed by atoms with E-state index in [1.807, 2.05) is 11.9 Å². The molecule has 1 saturated heterocycles. The number of rotatable bonds is 4. The second kappa shape index (κ2) is 7.01. The third-order valence-electron chi connectivity index (χ3n) is 4.44. The maximum atomic E-state index is 12.8. The molecule has 6 nitrogen and oxygen atoms in total. The Hall–Kier alpha value is -1.91. The number of aromatic amines is 1. The molecule has 1 aromatic heterocycles. The standard InChI is InChI=1S/C16H19F3N4O2S/c1-22-7-8-23(10-14(22)15-20-5-6-21-15)26(24,25)11-12-3-2-4-13(9-12)16(17,18)19/h2-6,9,14H,7-8,10-11H2,1H3,(H,20,21)/t14-/m0/s1. The van der Waals surface area contributed by atoms with Crippen molar-refractivity contribution in [2.45, 2.75) is 18.0 Å². The highest BCUT2D eigenvalue weighted by atomic mass is 32.2. The molecule has 2 aromatic rings. The lowest BCUT2D eigenvalue weighted by Crippen LogP contribution is -2.49. The molecule has 1 aliphatic heterocycles. The number of likely N-dealkylation sites (N-methyl/N-ethyl adjacent to an activating group) is 1. The van der Waals surface area contributed by atoms with Crippen LogP contribution in [0.1, 0.15) is 23.0 Å². The summed E-state index contributed by atoms with van der Waals surface area (Å²) >= 11 is 0. The van der Waals surface area contributed by atoms with Crippen LogP contribution in [0.2, 0.25) is 0 Å². The monoisotopic (exact) mass is 388 g/mol. The number of benzene rings is 1. The summed E-state index contributed by atoms with van der Waals surface area (Å²) < 4.78 is 65.3. The molecule has 0 spiro atoms. The molecular formula is C16H19F3N4O2S. The minimum atomic E-state index is -4.50. The molecule has 1 atom stereocenters. The number of alkyl halides is 3. The molecule has 0 bridgehead atoms. The first kappa shape index (κ1) is 18.9. The number of sulfonamides is 1. The molecule has 1 aromatic carbocycles. The van der Waals surface area contributed by atoms with Gasteiger partial charge >= 0.3 is 6.18 Å². The number of piperazine rings is 1. The van der Waals surface area contributed by atoms with Crippen molar-refractivity contribution in [1.29, 1.82) is 0 Å². The zero-order valence-corrected chi connectivity index (χ0v) is 14.9. The van der Waals surface area contributed by atoms with Crippen molar-refractivity contribution in [3.05, 3.63) is 53.6 Å². The number of aromatic nitrogens is 2. The summed E-state index contributed by atoms with van der Waals surface area (Å²) in [6, 6.07) is 4.21. The van der Waals surface area contributed by atoms with Crippen LogP contribution < -0.4 is 0 Å². The van der Waals surface area contributed by atoms with E-state index >= 15 is 0 Å². The van der Waals surface area contributed by atoms with Gasteiger partial charge in [-0.1, -0.05) is 18.2 Å². The molecule has 0 amide bonds. The SMILES string of the molecule is CN1CCN(S(=O)(=O)Cc2cccc(C(F)(F)F)c2)C[C@H]1c1ncc[nH]1. The first-order valence-electron chi connectivity index (χ1n) is 8.00. The van der Waals surface area contributed by atoms with Crippen LogP contribution in [0.5, 0.6) is 0 Å². The van der Waals surface area contributed by atoms with Crippen LogP contribution in [0.25, 0.3) is 0 Å². The zero-order valence-electron chi connectivity index (χ0n) is 14.1. The van der Waals surface area contributed by atoms with Crippen molar-refractivity contribution >= 4 is 10.0 Å². The summed E-state index contributed by atoms with van der Waals surface area (Å²) in [5.74, 6) is 0.192. The van der Waals surface area contributed by atoms with E-state index in [-0.39, 0.29) is 24.7 Å². The minimum Gasteiger partial charge on any atom is -0.347 e. The number of imidazole rings is 1. The Bertz CT molecular complexity index is 853. The van der Waals surface area contributed by atoms with Crippen LogP contribution in [-0.2, 0) is 22.0 Å². The van der Waals surface area contributed by atoms with Gasteiger partial charge in [-0.3, -0.25) is 4.90 Å². The number of hydrogen-bond acceptors (Lipinski definition) is 4. The van der Waals surface area contributed by atoms with Gasteiger partial charge < -0.3 is 4.98 Å². The van der Waals surface area contributed by atoms with Gasteiger partial charge in [-0.2, -0.15) is 17.5 Å². The topological polar surface area (TPSA) is 69.3 Å². The van der Waals surface area contributed by atoms with Gasteiger partial charge in [0.1, 0.15) is 5.82 Å². The maximum Gasteiger partial charge on any atom is 0.416 e. The van der Waals surface area contributed by atoms with Crippen LogP contribution in [0, 0.1) is 0 Å². The Morgan fingerprint density at radius 1 is 1.31 bits per heavy atom. The summed E-state index contributed by atoms with van der Waals surface area (Å²) in [6.07, 6.45) is -1.24. The average Bonchev–Trinajstić information content (AvgIpc) is 3.08. The molecule has 0 saturated carbocycles. The lowest BCUT2D eigenvalue weighted by Gasteiger charge is -2.37. The van der Waals surface area contributed by atoms with Crippen molar-refractivity contribution in [1.82, 2.24) is 19.2 Å². The van der Waals surface area contributed by atoms with E-state index in [4.69, 9.17) is 0 Å². The van der Waals surface area contributed by atoms with Crippen molar-refractivity contribution in [3.8, 4) is 0 Å². The second-order valence-electron chi connectivity index (χ2n) is 6.28. The molecule has 2 heterocycles. The van der Waals surface area contributed by atoms with Crippen molar-refractivity contribution < 1.29 is 21.6 Å². The minimum absolute atomic E-state index is 0.119. The molecule has 26 heavy (non-hydrogen) atoms. The summed E-state index contributed by atoms with van der Waals surface area (Å²) in [6.45, 7) is 0.994. The van der Waals surface area contributed by atoms with E-state index in [1.165, 1.54) is 16.4 Å². The number of halogens is 3. The third-order valence-corrected chi connectivity index (χ3v) is 6.26. The van der Waals surface area contributed by atoms with Gasteiger partial charge in [-0.15, -0.1) is 0 Å². The smallest absolute Gasteiger partial charge is 0.347 e. The molecular weight excluding hydrogens is 369 g/mol. The Morgan fingerprint density at radius 2 is 2.08 bits per heavy atom. The van der Waals surface area contributed by atoms with Gasteiger partial charge in [0.2, 0.25) is 10.0 Å². The molecule has 0 radical (unpaired) electrons. The van der Waals surface area contributed by atoms with Crippen LogP contribution in [0.4, 0.5) is 13.2 Å². The van der Waals surface area contributed by atoms with Crippen molar-refractivity contribution in [3.63, 3.8) is 0 Å². The van der Waals surface area contributed by atoms with Gasteiger partial charge in [0.05, 0.1) is 17.4 Å². The number of H-pyrrole nitrogens is 1. The Morgan fingerprint density at radius 3 is 2.73 bits per heavy atom. The van der Waals surface area contributed by atoms with Gasteiger partial charge in [-0.25, -0.2) is 13.4 Å². The average molecular weight is 388 g/mol. The predicted molar refractivity (Wildman–Crippen MR) is 89.6 cm³/mol. The highest BCUT2D eigenvalue weighted by Gasteiger charge is 2.34. The number of hydrogen-bond donors (Lipinski definition) is 1.